The summed E-state index contributed by atoms with van der Waals surface area (Å²) in [6.45, 7) is 5.57. The minimum Gasteiger partial charge on any atom is -0.492 e. The molecule has 32 heavy (non-hydrogen) atoms. The maximum atomic E-state index is 12.6. The van der Waals surface area contributed by atoms with E-state index in [1.807, 2.05) is 25.1 Å². The van der Waals surface area contributed by atoms with E-state index < -0.39 is 0 Å². The molecule has 2 heterocycles. The molecule has 2 aromatic heterocycles. The quantitative estimate of drug-likeness (QED) is 0.403. The molecule has 0 aliphatic rings. The van der Waals surface area contributed by atoms with Crippen molar-refractivity contribution in [3.05, 3.63) is 66.5 Å². The van der Waals surface area contributed by atoms with Gasteiger partial charge in [-0.15, -0.1) is 0 Å². The van der Waals surface area contributed by atoms with Crippen LogP contribution in [0.5, 0.6) is 5.75 Å². The van der Waals surface area contributed by atoms with E-state index >= 15 is 0 Å². The Morgan fingerprint density at radius 1 is 1.16 bits per heavy atom. The zero-order valence-electron chi connectivity index (χ0n) is 18.3. The van der Waals surface area contributed by atoms with Crippen LogP contribution in [0, 0.1) is 17.2 Å². The second-order valence-electron chi connectivity index (χ2n) is 7.98. The minimum absolute atomic E-state index is 0.00359. The summed E-state index contributed by atoms with van der Waals surface area (Å²) in [6, 6.07) is 19.8. The predicted molar refractivity (Wildman–Crippen MR) is 127 cm³/mol. The molecule has 6 heteroatoms. The van der Waals surface area contributed by atoms with E-state index in [0.717, 1.165) is 24.0 Å². The first-order chi connectivity index (χ1) is 15.6. The summed E-state index contributed by atoms with van der Waals surface area (Å²) in [5.41, 5.74) is 3.56. The molecule has 1 amide bonds. The molecular weight excluding hydrogens is 400 g/mol. The molecule has 1 atom stereocenters. The van der Waals surface area contributed by atoms with Crippen molar-refractivity contribution in [3.63, 3.8) is 0 Å². The third kappa shape index (κ3) is 4.57. The third-order valence-corrected chi connectivity index (χ3v) is 5.64. The van der Waals surface area contributed by atoms with Gasteiger partial charge < -0.3 is 14.6 Å². The highest BCUT2D eigenvalue weighted by Gasteiger charge is 2.13. The van der Waals surface area contributed by atoms with Crippen LogP contribution >= 0.6 is 0 Å². The molecule has 6 nitrogen and oxygen atoms in total. The Kier molecular flexibility index (Phi) is 6.37. The number of hydrogen-bond donors (Lipinski definition) is 1. The number of aryl methyl sites for hydroxylation is 1. The number of rotatable bonds is 8. The Labute approximate surface area is 187 Å². The lowest BCUT2D eigenvalue weighted by molar-refractivity contribution is -0.117. The SMILES string of the molecule is CCn1c2ccccc2c2cc(NC(=O)C[C@@H](C)CCOc3ccc(C#N)nc3)ccc21. The number of ether oxygens (including phenoxy) is 1. The first kappa shape index (κ1) is 21.4. The molecule has 0 fully saturated rings. The third-order valence-electron chi connectivity index (χ3n) is 5.64. The highest BCUT2D eigenvalue weighted by Crippen LogP contribution is 2.31. The van der Waals surface area contributed by atoms with Crippen LogP contribution in [0.4, 0.5) is 5.69 Å². The number of aromatic nitrogens is 2. The van der Waals surface area contributed by atoms with E-state index in [0.29, 0.717) is 24.5 Å². The van der Waals surface area contributed by atoms with E-state index in [4.69, 9.17) is 10.00 Å². The van der Waals surface area contributed by atoms with Gasteiger partial charge in [-0.05, 0) is 55.7 Å². The molecule has 2 aromatic carbocycles. The van der Waals surface area contributed by atoms with Crippen LogP contribution in [-0.2, 0) is 11.3 Å². The van der Waals surface area contributed by atoms with Gasteiger partial charge in [0.1, 0.15) is 17.5 Å². The Bertz CT molecular complexity index is 1290. The summed E-state index contributed by atoms with van der Waals surface area (Å²) < 4.78 is 7.97. The lowest BCUT2D eigenvalue weighted by Crippen LogP contribution is -2.16. The lowest BCUT2D eigenvalue weighted by Gasteiger charge is -2.13. The zero-order valence-corrected chi connectivity index (χ0v) is 18.3. The van der Waals surface area contributed by atoms with Gasteiger partial charge in [-0.3, -0.25) is 4.79 Å². The van der Waals surface area contributed by atoms with Gasteiger partial charge in [0.2, 0.25) is 5.91 Å². The number of fused-ring (bicyclic) bond motifs is 3. The van der Waals surface area contributed by atoms with Crippen LogP contribution in [-0.4, -0.2) is 22.1 Å². The first-order valence-corrected chi connectivity index (χ1v) is 10.9. The van der Waals surface area contributed by atoms with Gasteiger partial charge in [-0.25, -0.2) is 4.98 Å². The van der Waals surface area contributed by atoms with Gasteiger partial charge in [0.05, 0.1) is 12.8 Å². The van der Waals surface area contributed by atoms with Gasteiger partial charge in [-0.1, -0.05) is 25.1 Å². The van der Waals surface area contributed by atoms with Crippen molar-refractivity contribution in [2.24, 2.45) is 5.92 Å². The molecule has 0 spiro atoms. The van der Waals surface area contributed by atoms with Gasteiger partial charge >= 0.3 is 0 Å². The van der Waals surface area contributed by atoms with E-state index in [1.54, 1.807) is 18.3 Å². The molecular formula is C26H26N4O2. The molecule has 0 aliphatic carbocycles. The summed E-state index contributed by atoms with van der Waals surface area (Å²) in [5, 5.41) is 14.2. The number of anilines is 1. The summed E-state index contributed by atoms with van der Waals surface area (Å²) in [5.74, 6) is 0.795. The lowest BCUT2D eigenvalue weighted by atomic mass is 10.0. The highest BCUT2D eigenvalue weighted by atomic mass is 16.5. The number of carbonyl (C=O) groups is 1. The maximum absolute atomic E-state index is 12.6. The fourth-order valence-electron chi connectivity index (χ4n) is 4.01. The van der Waals surface area contributed by atoms with Gasteiger partial charge in [0, 0.05) is 40.5 Å². The van der Waals surface area contributed by atoms with E-state index in [2.05, 4.69) is 52.1 Å². The molecule has 0 aliphatic heterocycles. The first-order valence-electron chi connectivity index (χ1n) is 10.9. The smallest absolute Gasteiger partial charge is 0.224 e. The number of nitriles is 1. The van der Waals surface area contributed by atoms with E-state index in [-0.39, 0.29) is 11.8 Å². The van der Waals surface area contributed by atoms with Crippen molar-refractivity contribution < 1.29 is 9.53 Å². The van der Waals surface area contributed by atoms with Crippen LogP contribution in [0.15, 0.2) is 60.8 Å². The molecule has 0 unspecified atom stereocenters. The molecule has 1 N–H and O–H groups in total. The fraction of sp³-hybridized carbons (Fsp3) is 0.269. The van der Waals surface area contributed by atoms with Crippen LogP contribution < -0.4 is 10.1 Å². The Hall–Kier alpha value is -3.85. The minimum atomic E-state index is -0.00359. The average Bonchev–Trinajstić information content (AvgIpc) is 3.12. The monoisotopic (exact) mass is 426 g/mol. The van der Waals surface area contributed by atoms with Crippen molar-refractivity contribution in [2.75, 3.05) is 11.9 Å². The Balaban J connectivity index is 1.35. The summed E-state index contributed by atoms with van der Waals surface area (Å²) in [4.78, 5) is 16.6. The number of nitrogens with zero attached hydrogens (tertiary/aromatic N) is 3. The Morgan fingerprint density at radius 2 is 1.97 bits per heavy atom. The summed E-state index contributed by atoms with van der Waals surface area (Å²) in [7, 11) is 0. The Morgan fingerprint density at radius 3 is 2.72 bits per heavy atom. The van der Waals surface area contributed by atoms with Gasteiger partial charge in [0.15, 0.2) is 0 Å². The van der Waals surface area contributed by atoms with Crippen molar-refractivity contribution >= 4 is 33.4 Å². The largest absolute Gasteiger partial charge is 0.492 e. The molecule has 162 valence electrons. The molecule has 0 saturated heterocycles. The van der Waals surface area contributed by atoms with Crippen LogP contribution in [0.2, 0.25) is 0 Å². The molecule has 0 radical (unpaired) electrons. The standard InChI is InChI=1S/C26H26N4O2/c1-3-30-24-7-5-4-6-22(24)23-15-19(9-11-25(23)30)29-26(31)14-18(2)12-13-32-21-10-8-20(16-27)28-17-21/h4-11,15,17-18H,3,12-14H2,1-2H3,(H,29,31)/t18-/m0/s1. The van der Waals surface area contributed by atoms with E-state index in [1.165, 1.54) is 16.4 Å². The fourth-order valence-corrected chi connectivity index (χ4v) is 4.01. The highest BCUT2D eigenvalue weighted by molar-refractivity contribution is 6.09. The number of nitrogens with one attached hydrogen (secondary N) is 1. The number of carbonyl (C=O) groups excluding carboxylic acids is 1. The van der Waals surface area contributed by atoms with Crippen molar-refractivity contribution in [3.8, 4) is 11.8 Å². The number of para-hydroxylation sites is 1. The van der Waals surface area contributed by atoms with Gasteiger partial charge in [0.25, 0.3) is 0 Å². The second-order valence-corrected chi connectivity index (χ2v) is 7.98. The number of benzene rings is 2. The maximum Gasteiger partial charge on any atom is 0.224 e. The zero-order chi connectivity index (χ0) is 22.5. The van der Waals surface area contributed by atoms with Crippen molar-refractivity contribution in [1.82, 2.24) is 9.55 Å². The molecule has 4 aromatic rings. The topological polar surface area (TPSA) is 79.9 Å². The number of hydrogen-bond acceptors (Lipinski definition) is 4. The van der Waals surface area contributed by atoms with Gasteiger partial charge in [-0.2, -0.15) is 5.26 Å². The number of pyridine rings is 1. The molecule has 4 rings (SSSR count). The normalized spacial score (nSPS) is 11.9. The van der Waals surface area contributed by atoms with Crippen molar-refractivity contribution in [2.45, 2.75) is 33.2 Å². The van der Waals surface area contributed by atoms with Crippen LogP contribution in [0.25, 0.3) is 21.8 Å². The second kappa shape index (κ2) is 9.52. The van der Waals surface area contributed by atoms with E-state index in [9.17, 15) is 4.79 Å². The van der Waals surface area contributed by atoms with Crippen molar-refractivity contribution in [1.29, 1.82) is 5.26 Å². The van der Waals surface area contributed by atoms with Crippen LogP contribution in [0.1, 0.15) is 32.4 Å². The number of amides is 1. The summed E-state index contributed by atoms with van der Waals surface area (Å²) in [6.07, 6.45) is 2.71. The molecule has 0 bridgehead atoms. The van der Waals surface area contributed by atoms with Crippen LogP contribution in [0.3, 0.4) is 0 Å². The average molecular weight is 427 g/mol. The predicted octanol–water partition coefficient (Wildman–Crippen LogP) is 5.51. The molecule has 0 saturated carbocycles. The summed E-state index contributed by atoms with van der Waals surface area (Å²) >= 11 is 0.